The minimum absolute atomic E-state index is 0.109. The van der Waals surface area contributed by atoms with Gasteiger partial charge < -0.3 is 10.2 Å². The number of carbonyl (C=O) groups excluding carboxylic acids is 2. The van der Waals surface area contributed by atoms with Gasteiger partial charge in [-0.25, -0.2) is 0 Å². The Labute approximate surface area is 145 Å². The number of amides is 2. The molecule has 0 aromatic carbocycles. The molecule has 24 heavy (non-hydrogen) atoms. The van der Waals surface area contributed by atoms with Crippen molar-refractivity contribution >= 4 is 23.2 Å². The van der Waals surface area contributed by atoms with E-state index >= 15 is 0 Å². The Morgan fingerprint density at radius 2 is 2.25 bits per heavy atom. The molecule has 1 saturated heterocycles. The van der Waals surface area contributed by atoms with Gasteiger partial charge in [0.1, 0.15) is 0 Å². The molecule has 2 aromatic rings. The molecule has 124 valence electrons. The third kappa shape index (κ3) is 4.08. The number of hydrogen-bond donors (Lipinski definition) is 1. The first kappa shape index (κ1) is 16.4. The van der Waals surface area contributed by atoms with Gasteiger partial charge in [-0.1, -0.05) is 12.1 Å². The van der Waals surface area contributed by atoms with E-state index in [0.717, 1.165) is 24.9 Å². The van der Waals surface area contributed by atoms with Gasteiger partial charge in [0.25, 0.3) is 0 Å². The predicted octanol–water partition coefficient (Wildman–Crippen LogP) is 2.68. The number of pyridine rings is 1. The average Bonchev–Trinajstić information content (AvgIpc) is 3.29. The molecule has 1 aliphatic heterocycles. The summed E-state index contributed by atoms with van der Waals surface area (Å²) in [6, 6.07) is 7.91. The third-order valence-electron chi connectivity index (χ3n) is 3.97. The van der Waals surface area contributed by atoms with Crippen LogP contribution in [-0.2, 0) is 16.1 Å². The number of nitrogens with one attached hydrogen (secondary N) is 1. The molecule has 0 spiro atoms. The lowest BCUT2D eigenvalue weighted by atomic mass is 10.2. The van der Waals surface area contributed by atoms with Crippen LogP contribution in [0.5, 0.6) is 0 Å². The van der Waals surface area contributed by atoms with E-state index in [0.29, 0.717) is 6.54 Å². The Kier molecular flexibility index (Phi) is 5.38. The van der Waals surface area contributed by atoms with Gasteiger partial charge in [0, 0.05) is 42.5 Å². The fourth-order valence-corrected chi connectivity index (χ4v) is 3.67. The van der Waals surface area contributed by atoms with E-state index < -0.39 is 0 Å². The molecular formula is C18H19N3O2S. The molecule has 0 saturated carbocycles. The lowest BCUT2D eigenvalue weighted by Crippen LogP contribution is -2.29. The molecule has 1 atom stereocenters. The van der Waals surface area contributed by atoms with Crippen molar-refractivity contribution < 1.29 is 9.59 Å². The third-order valence-corrected chi connectivity index (χ3v) is 4.95. The summed E-state index contributed by atoms with van der Waals surface area (Å²) in [4.78, 5) is 31.3. The minimum atomic E-state index is -0.279. The van der Waals surface area contributed by atoms with Gasteiger partial charge in [0.05, 0.1) is 6.04 Å². The van der Waals surface area contributed by atoms with Gasteiger partial charge >= 0.3 is 0 Å². The Morgan fingerprint density at radius 3 is 3.00 bits per heavy atom. The fourth-order valence-electron chi connectivity index (χ4n) is 2.80. The summed E-state index contributed by atoms with van der Waals surface area (Å²) in [5, 5.41) is 4.78. The molecule has 1 fully saturated rings. The van der Waals surface area contributed by atoms with Crippen molar-refractivity contribution in [3.8, 4) is 0 Å². The second-order valence-electron chi connectivity index (χ2n) is 5.62. The monoisotopic (exact) mass is 341 g/mol. The van der Waals surface area contributed by atoms with Crippen LogP contribution in [0.1, 0.15) is 29.3 Å². The van der Waals surface area contributed by atoms with Crippen LogP contribution in [0, 0.1) is 0 Å². The van der Waals surface area contributed by atoms with Gasteiger partial charge in [-0.2, -0.15) is 0 Å². The van der Waals surface area contributed by atoms with Crippen molar-refractivity contribution in [2.45, 2.75) is 25.4 Å². The Hall–Kier alpha value is -2.47. The maximum atomic E-state index is 12.4. The number of rotatable bonds is 5. The van der Waals surface area contributed by atoms with Crippen LogP contribution in [0.3, 0.4) is 0 Å². The number of aromatic nitrogens is 1. The Balaban J connectivity index is 1.53. The summed E-state index contributed by atoms with van der Waals surface area (Å²) in [6.07, 6.45) is 8.03. The van der Waals surface area contributed by atoms with Crippen molar-refractivity contribution in [1.29, 1.82) is 0 Å². The van der Waals surface area contributed by atoms with Crippen LogP contribution < -0.4 is 5.32 Å². The number of carbonyl (C=O) groups is 2. The molecule has 0 unspecified atom stereocenters. The molecule has 2 amide bonds. The van der Waals surface area contributed by atoms with Crippen LogP contribution in [0.4, 0.5) is 0 Å². The molecule has 0 radical (unpaired) electrons. The molecule has 3 heterocycles. The lowest BCUT2D eigenvalue weighted by molar-refractivity contribution is -0.127. The Morgan fingerprint density at radius 1 is 1.33 bits per heavy atom. The molecule has 3 rings (SSSR count). The number of hydrogen-bond acceptors (Lipinski definition) is 4. The second kappa shape index (κ2) is 7.88. The predicted molar refractivity (Wildman–Crippen MR) is 93.2 cm³/mol. The molecular weight excluding hydrogens is 322 g/mol. The number of nitrogens with zero attached hydrogens (tertiary/aromatic N) is 2. The quantitative estimate of drug-likeness (QED) is 0.851. The maximum Gasteiger partial charge on any atom is 0.247 e. The first-order valence-electron chi connectivity index (χ1n) is 7.93. The summed E-state index contributed by atoms with van der Waals surface area (Å²) in [6.45, 7) is 1.13. The van der Waals surface area contributed by atoms with Gasteiger partial charge in [-0.15, -0.1) is 11.3 Å². The van der Waals surface area contributed by atoms with E-state index in [1.807, 2.05) is 28.5 Å². The smallest absolute Gasteiger partial charge is 0.247 e. The van der Waals surface area contributed by atoms with Crippen LogP contribution >= 0.6 is 11.3 Å². The second-order valence-corrected chi connectivity index (χ2v) is 6.60. The van der Waals surface area contributed by atoms with Crippen LogP contribution in [-0.4, -0.2) is 28.2 Å². The summed E-state index contributed by atoms with van der Waals surface area (Å²) in [7, 11) is 0. The van der Waals surface area contributed by atoms with Gasteiger partial charge in [0.15, 0.2) is 0 Å². The summed E-state index contributed by atoms with van der Waals surface area (Å²) in [5.41, 5.74) is 0.919. The number of likely N-dealkylation sites (tertiary alicyclic amines) is 1. The zero-order valence-electron chi connectivity index (χ0n) is 13.2. The zero-order chi connectivity index (χ0) is 16.8. The first-order valence-corrected chi connectivity index (χ1v) is 8.81. The minimum Gasteiger partial charge on any atom is -0.348 e. The largest absolute Gasteiger partial charge is 0.348 e. The topological polar surface area (TPSA) is 62.3 Å². The van der Waals surface area contributed by atoms with E-state index in [1.165, 1.54) is 17.0 Å². The van der Waals surface area contributed by atoms with E-state index in [1.54, 1.807) is 23.7 Å². The van der Waals surface area contributed by atoms with E-state index in [-0.39, 0.29) is 17.9 Å². The molecule has 0 aliphatic carbocycles. The summed E-state index contributed by atoms with van der Waals surface area (Å²) in [5.74, 6) is -0.387. The standard InChI is InChI=1S/C18H19N3O2S/c22-17(20-13-14-4-1-9-19-12-14)7-8-18(23)21-10-2-5-15(21)16-6-3-11-24-16/h1,3-4,6-9,11-12,15H,2,5,10,13H2,(H,20,22)/b8-7-/t15-/m1/s1. The molecule has 5 nitrogen and oxygen atoms in total. The molecule has 2 aromatic heterocycles. The van der Waals surface area contributed by atoms with Crippen molar-refractivity contribution in [2.24, 2.45) is 0 Å². The normalized spacial score (nSPS) is 17.3. The van der Waals surface area contributed by atoms with E-state index in [2.05, 4.69) is 16.4 Å². The van der Waals surface area contributed by atoms with Crippen molar-refractivity contribution in [3.63, 3.8) is 0 Å². The molecule has 1 aliphatic rings. The highest BCUT2D eigenvalue weighted by Gasteiger charge is 2.29. The number of thiophene rings is 1. The van der Waals surface area contributed by atoms with E-state index in [9.17, 15) is 9.59 Å². The highest BCUT2D eigenvalue weighted by atomic mass is 32.1. The summed E-state index contributed by atoms with van der Waals surface area (Å²) >= 11 is 1.67. The Bertz CT molecular complexity index is 713. The van der Waals surface area contributed by atoms with Gasteiger partial charge in [-0.3, -0.25) is 14.6 Å². The molecule has 6 heteroatoms. The SMILES string of the molecule is O=C(/C=C\C(=O)N1CCC[C@@H]1c1cccs1)NCc1cccnc1. The van der Waals surface area contributed by atoms with Crippen molar-refractivity contribution in [3.05, 3.63) is 64.6 Å². The fraction of sp³-hybridized carbons (Fsp3) is 0.278. The summed E-state index contributed by atoms with van der Waals surface area (Å²) < 4.78 is 0. The van der Waals surface area contributed by atoms with Gasteiger partial charge in [0.2, 0.25) is 11.8 Å². The van der Waals surface area contributed by atoms with Crippen molar-refractivity contribution in [1.82, 2.24) is 15.2 Å². The first-order chi connectivity index (χ1) is 11.7. The maximum absolute atomic E-state index is 12.4. The van der Waals surface area contributed by atoms with Crippen LogP contribution in [0.15, 0.2) is 54.2 Å². The van der Waals surface area contributed by atoms with Crippen LogP contribution in [0.2, 0.25) is 0 Å². The lowest BCUT2D eigenvalue weighted by Gasteiger charge is -2.22. The average molecular weight is 341 g/mol. The highest BCUT2D eigenvalue weighted by molar-refractivity contribution is 7.10. The molecule has 0 bridgehead atoms. The van der Waals surface area contributed by atoms with Crippen LogP contribution in [0.25, 0.3) is 0 Å². The van der Waals surface area contributed by atoms with Gasteiger partial charge in [-0.05, 0) is 35.9 Å². The zero-order valence-corrected chi connectivity index (χ0v) is 14.0. The van der Waals surface area contributed by atoms with E-state index in [4.69, 9.17) is 0 Å². The molecule has 1 N–H and O–H groups in total. The van der Waals surface area contributed by atoms with Crippen molar-refractivity contribution in [2.75, 3.05) is 6.54 Å². The highest BCUT2D eigenvalue weighted by Crippen LogP contribution is 2.34.